The second-order valence-corrected chi connectivity index (χ2v) is 6.42. The second-order valence-electron chi connectivity index (χ2n) is 3.30. The Hall–Kier alpha value is -0.460. The number of aliphatic hydroxyl groups is 1. The molecule has 0 aromatic carbocycles. The zero-order valence-electron chi connectivity index (χ0n) is 8.22. The number of aliphatic hydroxyl groups excluding tert-OH is 1. The molecule has 1 N–H and O–H groups in total. The average molecular weight is 294 g/mol. The maximum Gasteiger partial charge on any atom is 0.147 e. The van der Waals surface area contributed by atoms with Gasteiger partial charge in [0.2, 0.25) is 0 Å². The molecular weight excluding hydrogens is 282 g/mol. The first-order valence-electron chi connectivity index (χ1n) is 4.36. The Kier molecular flexibility index (Phi) is 4.24. The number of sulfone groups is 1. The van der Waals surface area contributed by atoms with Crippen molar-refractivity contribution >= 4 is 25.8 Å². The van der Waals surface area contributed by atoms with E-state index >= 15 is 0 Å². The molecule has 1 heterocycles. The molecule has 0 fully saturated rings. The smallest absolute Gasteiger partial charge is 0.147 e. The molecule has 1 aromatic heterocycles. The number of pyridine rings is 1. The topological polar surface area (TPSA) is 67.3 Å². The molecule has 0 bridgehead atoms. The van der Waals surface area contributed by atoms with Gasteiger partial charge in [-0.2, -0.15) is 0 Å². The highest BCUT2D eigenvalue weighted by Gasteiger charge is 2.14. The van der Waals surface area contributed by atoms with Crippen molar-refractivity contribution in [2.45, 2.75) is 12.5 Å². The van der Waals surface area contributed by atoms with Crippen molar-refractivity contribution in [3.8, 4) is 0 Å². The van der Waals surface area contributed by atoms with E-state index in [2.05, 4.69) is 20.9 Å². The van der Waals surface area contributed by atoms with Gasteiger partial charge in [-0.1, -0.05) is 0 Å². The first-order valence-corrected chi connectivity index (χ1v) is 7.22. The molecule has 1 atom stereocenters. The van der Waals surface area contributed by atoms with Gasteiger partial charge >= 0.3 is 0 Å². The third kappa shape index (κ3) is 4.27. The molecule has 1 rings (SSSR count). The fraction of sp³-hybridized carbons (Fsp3) is 0.444. The predicted octanol–water partition coefficient (Wildman–Crippen LogP) is 1.31. The lowest BCUT2D eigenvalue weighted by atomic mass is 10.2. The highest BCUT2D eigenvalue weighted by molar-refractivity contribution is 9.10. The van der Waals surface area contributed by atoms with Crippen LogP contribution in [0.3, 0.4) is 0 Å². The molecule has 0 aliphatic carbocycles. The number of hydrogen-bond donors (Lipinski definition) is 1. The molecule has 0 saturated heterocycles. The molecule has 1 aromatic rings. The lowest BCUT2D eigenvalue weighted by Crippen LogP contribution is -2.09. The van der Waals surface area contributed by atoms with E-state index in [1.807, 2.05) is 0 Å². The van der Waals surface area contributed by atoms with E-state index in [4.69, 9.17) is 0 Å². The molecule has 0 aliphatic heterocycles. The van der Waals surface area contributed by atoms with Crippen molar-refractivity contribution in [2.75, 3.05) is 12.0 Å². The van der Waals surface area contributed by atoms with Crippen LogP contribution >= 0.6 is 15.9 Å². The van der Waals surface area contributed by atoms with Crippen molar-refractivity contribution in [3.63, 3.8) is 0 Å². The number of halogens is 1. The van der Waals surface area contributed by atoms with Crippen LogP contribution in [0.4, 0.5) is 0 Å². The molecule has 84 valence electrons. The standard InChI is InChI=1S/C9H12BrNO3S/c1-15(13,14)6-4-8(12)9-7(10)3-2-5-11-9/h2-3,5,8,12H,4,6H2,1H3. The van der Waals surface area contributed by atoms with E-state index in [0.717, 1.165) is 6.26 Å². The summed E-state index contributed by atoms with van der Waals surface area (Å²) in [7, 11) is -3.04. The molecule has 0 amide bonds. The van der Waals surface area contributed by atoms with Crippen LogP contribution in [-0.4, -0.2) is 30.5 Å². The second kappa shape index (κ2) is 5.05. The maximum atomic E-state index is 10.9. The normalized spacial score (nSPS) is 13.8. The SMILES string of the molecule is CS(=O)(=O)CCC(O)c1ncccc1Br. The summed E-state index contributed by atoms with van der Waals surface area (Å²) in [6.07, 6.45) is 2.01. The number of hydrogen-bond acceptors (Lipinski definition) is 4. The summed E-state index contributed by atoms with van der Waals surface area (Å²) in [5.74, 6) is -0.0445. The van der Waals surface area contributed by atoms with E-state index in [0.29, 0.717) is 10.2 Å². The van der Waals surface area contributed by atoms with Gasteiger partial charge in [-0.05, 0) is 34.5 Å². The zero-order chi connectivity index (χ0) is 11.5. The third-order valence-corrected chi connectivity index (χ3v) is 3.51. The number of aromatic nitrogens is 1. The first-order chi connectivity index (χ1) is 6.90. The minimum atomic E-state index is -3.04. The van der Waals surface area contributed by atoms with Crippen LogP contribution in [0.15, 0.2) is 22.8 Å². The quantitative estimate of drug-likeness (QED) is 0.909. The number of nitrogens with zero attached hydrogens (tertiary/aromatic N) is 1. The summed E-state index contributed by atoms with van der Waals surface area (Å²) in [6.45, 7) is 0. The van der Waals surface area contributed by atoms with Crippen molar-refractivity contribution in [2.24, 2.45) is 0 Å². The maximum absolute atomic E-state index is 10.9. The predicted molar refractivity (Wildman–Crippen MR) is 61.2 cm³/mol. The highest BCUT2D eigenvalue weighted by Crippen LogP contribution is 2.23. The van der Waals surface area contributed by atoms with Gasteiger partial charge in [0.1, 0.15) is 9.84 Å². The first kappa shape index (κ1) is 12.6. The fourth-order valence-electron chi connectivity index (χ4n) is 1.11. The van der Waals surface area contributed by atoms with Crippen LogP contribution < -0.4 is 0 Å². The molecule has 0 radical (unpaired) electrons. The lowest BCUT2D eigenvalue weighted by molar-refractivity contribution is 0.169. The highest BCUT2D eigenvalue weighted by atomic mass is 79.9. The van der Waals surface area contributed by atoms with Gasteiger partial charge in [0.15, 0.2) is 0 Å². The van der Waals surface area contributed by atoms with Crippen molar-refractivity contribution in [1.29, 1.82) is 0 Å². The summed E-state index contributed by atoms with van der Waals surface area (Å²) in [5.41, 5.74) is 0.473. The zero-order valence-corrected chi connectivity index (χ0v) is 10.6. The molecule has 0 spiro atoms. The molecule has 0 aliphatic rings. The van der Waals surface area contributed by atoms with Crippen LogP contribution in [0, 0.1) is 0 Å². The summed E-state index contributed by atoms with van der Waals surface area (Å²) < 4.78 is 22.5. The van der Waals surface area contributed by atoms with Gasteiger partial charge in [-0.3, -0.25) is 4.98 Å². The minimum absolute atomic E-state index is 0.0445. The molecule has 0 saturated carbocycles. The summed E-state index contributed by atoms with van der Waals surface area (Å²) in [5, 5.41) is 9.71. The molecule has 6 heteroatoms. The van der Waals surface area contributed by atoms with Crippen molar-refractivity contribution < 1.29 is 13.5 Å². The number of rotatable bonds is 4. The van der Waals surface area contributed by atoms with Crippen molar-refractivity contribution in [1.82, 2.24) is 4.98 Å². The Bertz CT molecular complexity index is 433. The molecule has 1 unspecified atom stereocenters. The van der Waals surface area contributed by atoms with Crippen LogP contribution in [0.5, 0.6) is 0 Å². The van der Waals surface area contributed by atoms with E-state index in [1.165, 1.54) is 0 Å². The van der Waals surface area contributed by atoms with Gasteiger partial charge in [0, 0.05) is 16.9 Å². The van der Waals surface area contributed by atoms with Gasteiger partial charge in [-0.15, -0.1) is 0 Å². The van der Waals surface area contributed by atoms with Gasteiger partial charge < -0.3 is 5.11 Å². The Morgan fingerprint density at radius 1 is 1.60 bits per heavy atom. The Morgan fingerprint density at radius 2 is 2.27 bits per heavy atom. The van der Waals surface area contributed by atoms with Crippen LogP contribution in [-0.2, 0) is 9.84 Å². The summed E-state index contributed by atoms with van der Waals surface area (Å²) in [6, 6.07) is 3.49. The Balaban J connectivity index is 2.70. The fourth-order valence-corrected chi connectivity index (χ4v) is 2.28. The Morgan fingerprint density at radius 3 is 2.80 bits per heavy atom. The average Bonchev–Trinajstić information content (AvgIpc) is 2.14. The van der Waals surface area contributed by atoms with Gasteiger partial charge in [0.05, 0.1) is 17.6 Å². The van der Waals surface area contributed by atoms with E-state index in [9.17, 15) is 13.5 Å². The minimum Gasteiger partial charge on any atom is -0.387 e. The molecular formula is C9H12BrNO3S. The van der Waals surface area contributed by atoms with E-state index in [-0.39, 0.29) is 12.2 Å². The van der Waals surface area contributed by atoms with Gasteiger partial charge in [-0.25, -0.2) is 8.42 Å². The van der Waals surface area contributed by atoms with Crippen LogP contribution in [0.1, 0.15) is 18.2 Å². The van der Waals surface area contributed by atoms with Crippen LogP contribution in [0.25, 0.3) is 0 Å². The third-order valence-electron chi connectivity index (χ3n) is 1.86. The Labute approximate surface area is 97.4 Å². The largest absolute Gasteiger partial charge is 0.387 e. The summed E-state index contributed by atoms with van der Waals surface area (Å²) >= 11 is 3.25. The molecule has 4 nitrogen and oxygen atoms in total. The monoisotopic (exact) mass is 293 g/mol. The summed E-state index contributed by atoms with van der Waals surface area (Å²) in [4.78, 5) is 3.99. The van der Waals surface area contributed by atoms with Crippen LogP contribution in [0.2, 0.25) is 0 Å². The van der Waals surface area contributed by atoms with E-state index < -0.39 is 15.9 Å². The van der Waals surface area contributed by atoms with Gasteiger partial charge in [0.25, 0.3) is 0 Å². The molecule has 15 heavy (non-hydrogen) atoms. The van der Waals surface area contributed by atoms with Crippen molar-refractivity contribution in [3.05, 3.63) is 28.5 Å². The van der Waals surface area contributed by atoms with E-state index in [1.54, 1.807) is 18.3 Å². The lowest BCUT2D eigenvalue weighted by Gasteiger charge is -2.10.